The Labute approximate surface area is 109 Å². The molecule has 1 aliphatic rings. The third-order valence-electron chi connectivity index (χ3n) is 2.68. The molecule has 0 radical (unpaired) electrons. The minimum atomic E-state index is 0.281. The quantitative estimate of drug-likeness (QED) is 0.835. The Morgan fingerprint density at radius 1 is 1.16 bits per heavy atom. The molecule has 0 fully saturated rings. The molecule has 3 rings (SSSR count). The summed E-state index contributed by atoms with van der Waals surface area (Å²) in [7, 11) is 1.82. The Balaban J connectivity index is 1.62. The van der Waals surface area contributed by atoms with Crippen molar-refractivity contribution in [2.45, 2.75) is 13.1 Å². The number of hydrogen-bond acceptors (Lipinski definition) is 7. The molecule has 0 saturated heterocycles. The summed E-state index contributed by atoms with van der Waals surface area (Å²) in [5.41, 5.74) is 1.05. The zero-order chi connectivity index (χ0) is 13.1. The highest BCUT2D eigenvalue weighted by atomic mass is 16.7. The number of hydrogen-bond donors (Lipinski definition) is 2. The third-order valence-corrected chi connectivity index (χ3v) is 2.68. The van der Waals surface area contributed by atoms with Gasteiger partial charge in [0.1, 0.15) is 0 Å². The first-order valence-electron chi connectivity index (χ1n) is 5.94. The van der Waals surface area contributed by atoms with Gasteiger partial charge < -0.3 is 24.5 Å². The molecule has 7 heteroatoms. The summed E-state index contributed by atoms with van der Waals surface area (Å²) in [6.45, 7) is 1.42. The number of aromatic nitrogens is 2. The van der Waals surface area contributed by atoms with Gasteiger partial charge in [-0.15, -0.1) is 5.10 Å². The second-order valence-corrected chi connectivity index (χ2v) is 4.07. The number of fused-ring (bicyclic) bond motifs is 1. The predicted molar refractivity (Wildman–Crippen MR) is 67.0 cm³/mol. The van der Waals surface area contributed by atoms with Crippen LogP contribution in [0.3, 0.4) is 0 Å². The molecule has 0 unspecified atom stereocenters. The number of benzene rings is 1. The van der Waals surface area contributed by atoms with Crippen LogP contribution in [-0.4, -0.2) is 24.0 Å². The van der Waals surface area contributed by atoms with E-state index in [-0.39, 0.29) is 6.79 Å². The van der Waals surface area contributed by atoms with E-state index < -0.39 is 0 Å². The summed E-state index contributed by atoms with van der Waals surface area (Å²) in [4.78, 5) is 0. The van der Waals surface area contributed by atoms with Crippen molar-refractivity contribution in [1.29, 1.82) is 0 Å². The Morgan fingerprint density at radius 2 is 2.05 bits per heavy atom. The van der Waals surface area contributed by atoms with Crippen LogP contribution in [0, 0.1) is 0 Å². The molecular formula is C12H14N4O3. The summed E-state index contributed by atoms with van der Waals surface area (Å²) in [6, 6.07) is 6.19. The van der Waals surface area contributed by atoms with E-state index in [1.807, 2.05) is 25.2 Å². The molecule has 0 atom stereocenters. The fraction of sp³-hybridized carbons (Fsp3) is 0.333. The van der Waals surface area contributed by atoms with Crippen molar-refractivity contribution in [2.24, 2.45) is 0 Å². The zero-order valence-corrected chi connectivity index (χ0v) is 10.5. The number of anilines is 1. The minimum absolute atomic E-state index is 0.281. The number of nitrogens with zero attached hydrogens (tertiary/aromatic N) is 2. The molecule has 7 nitrogen and oxygen atoms in total. The van der Waals surface area contributed by atoms with Crippen LogP contribution in [-0.2, 0) is 13.1 Å². The summed E-state index contributed by atoms with van der Waals surface area (Å²) in [5.74, 6) is 2.09. The molecule has 1 aromatic heterocycles. The number of ether oxygens (including phenoxy) is 2. The van der Waals surface area contributed by atoms with Crippen molar-refractivity contribution >= 4 is 6.01 Å². The van der Waals surface area contributed by atoms with E-state index in [1.54, 1.807) is 0 Å². The second-order valence-electron chi connectivity index (χ2n) is 4.07. The van der Waals surface area contributed by atoms with Gasteiger partial charge >= 0.3 is 6.01 Å². The molecule has 0 aliphatic carbocycles. The van der Waals surface area contributed by atoms with Gasteiger partial charge in [-0.25, -0.2) is 0 Å². The van der Waals surface area contributed by atoms with Crippen LogP contribution in [0.15, 0.2) is 22.6 Å². The topological polar surface area (TPSA) is 81.4 Å². The zero-order valence-electron chi connectivity index (χ0n) is 10.5. The molecule has 1 aliphatic heterocycles. The van der Waals surface area contributed by atoms with E-state index in [4.69, 9.17) is 13.9 Å². The lowest BCUT2D eigenvalue weighted by atomic mass is 10.2. The van der Waals surface area contributed by atoms with Gasteiger partial charge in [0.25, 0.3) is 0 Å². The van der Waals surface area contributed by atoms with Gasteiger partial charge in [0.05, 0.1) is 6.54 Å². The average Bonchev–Trinajstić information content (AvgIpc) is 3.04. The molecule has 2 heterocycles. The molecule has 100 valence electrons. The lowest BCUT2D eigenvalue weighted by Crippen LogP contribution is -2.04. The van der Waals surface area contributed by atoms with Gasteiger partial charge in [0.15, 0.2) is 11.5 Å². The van der Waals surface area contributed by atoms with E-state index in [0.717, 1.165) is 17.1 Å². The Bertz CT molecular complexity index is 570. The lowest BCUT2D eigenvalue weighted by Gasteiger charge is -2.03. The average molecular weight is 262 g/mol. The van der Waals surface area contributed by atoms with Crippen LogP contribution in [0.5, 0.6) is 11.5 Å². The molecule has 0 spiro atoms. The Morgan fingerprint density at radius 3 is 2.95 bits per heavy atom. The summed E-state index contributed by atoms with van der Waals surface area (Å²) >= 11 is 0. The standard InChI is InChI=1S/C12H14N4O3/c1-13-6-11-15-16-12(19-11)14-5-8-2-3-9-10(4-8)18-7-17-9/h2-4,13H,5-7H2,1H3,(H,14,16). The van der Waals surface area contributed by atoms with Crippen LogP contribution in [0.25, 0.3) is 0 Å². The molecule has 19 heavy (non-hydrogen) atoms. The van der Waals surface area contributed by atoms with E-state index in [2.05, 4.69) is 20.8 Å². The van der Waals surface area contributed by atoms with Gasteiger partial charge in [-0.3, -0.25) is 0 Å². The highest BCUT2D eigenvalue weighted by molar-refractivity contribution is 5.45. The highest BCUT2D eigenvalue weighted by Gasteiger charge is 2.13. The van der Waals surface area contributed by atoms with Gasteiger partial charge in [-0.2, -0.15) is 0 Å². The lowest BCUT2D eigenvalue weighted by molar-refractivity contribution is 0.174. The highest BCUT2D eigenvalue weighted by Crippen LogP contribution is 2.32. The fourth-order valence-electron chi connectivity index (χ4n) is 1.78. The van der Waals surface area contributed by atoms with Crippen molar-refractivity contribution in [3.8, 4) is 11.5 Å². The molecular weight excluding hydrogens is 248 g/mol. The van der Waals surface area contributed by atoms with E-state index >= 15 is 0 Å². The van der Waals surface area contributed by atoms with E-state index in [9.17, 15) is 0 Å². The monoisotopic (exact) mass is 262 g/mol. The molecule has 2 aromatic rings. The third kappa shape index (κ3) is 2.60. The van der Waals surface area contributed by atoms with Gasteiger partial charge in [-0.05, 0) is 24.7 Å². The summed E-state index contributed by atoms with van der Waals surface area (Å²) in [5, 5.41) is 13.8. The molecule has 0 amide bonds. The number of nitrogens with one attached hydrogen (secondary N) is 2. The molecule has 0 bridgehead atoms. The van der Waals surface area contributed by atoms with E-state index in [0.29, 0.717) is 25.0 Å². The SMILES string of the molecule is CNCc1nnc(NCc2ccc3c(c2)OCO3)o1. The van der Waals surface area contributed by atoms with Crippen molar-refractivity contribution < 1.29 is 13.9 Å². The Kier molecular flexibility index (Phi) is 3.20. The first-order chi connectivity index (χ1) is 9.35. The largest absolute Gasteiger partial charge is 0.454 e. The minimum Gasteiger partial charge on any atom is -0.454 e. The van der Waals surface area contributed by atoms with Gasteiger partial charge in [-0.1, -0.05) is 11.2 Å². The molecule has 0 saturated carbocycles. The fourth-order valence-corrected chi connectivity index (χ4v) is 1.78. The van der Waals surface area contributed by atoms with Crippen LogP contribution in [0.4, 0.5) is 6.01 Å². The van der Waals surface area contributed by atoms with Crippen molar-refractivity contribution in [2.75, 3.05) is 19.2 Å². The van der Waals surface area contributed by atoms with Crippen molar-refractivity contribution in [3.05, 3.63) is 29.7 Å². The van der Waals surface area contributed by atoms with Crippen molar-refractivity contribution in [3.63, 3.8) is 0 Å². The normalized spacial score (nSPS) is 12.7. The van der Waals surface area contributed by atoms with Crippen LogP contribution >= 0.6 is 0 Å². The first kappa shape index (κ1) is 11.8. The van der Waals surface area contributed by atoms with Gasteiger partial charge in [0.2, 0.25) is 12.7 Å². The maximum atomic E-state index is 5.39. The van der Waals surface area contributed by atoms with Gasteiger partial charge in [0, 0.05) is 6.54 Å². The van der Waals surface area contributed by atoms with Crippen LogP contribution < -0.4 is 20.1 Å². The maximum absolute atomic E-state index is 5.39. The van der Waals surface area contributed by atoms with Crippen LogP contribution in [0.2, 0.25) is 0 Å². The summed E-state index contributed by atoms with van der Waals surface area (Å²) in [6.07, 6.45) is 0. The second kappa shape index (κ2) is 5.15. The molecule has 2 N–H and O–H groups in total. The smallest absolute Gasteiger partial charge is 0.315 e. The number of rotatable bonds is 5. The summed E-state index contributed by atoms with van der Waals surface area (Å²) < 4.78 is 16.0. The van der Waals surface area contributed by atoms with E-state index in [1.165, 1.54) is 0 Å². The van der Waals surface area contributed by atoms with Crippen molar-refractivity contribution in [1.82, 2.24) is 15.5 Å². The first-order valence-corrected chi connectivity index (χ1v) is 5.94. The van der Waals surface area contributed by atoms with Crippen LogP contribution in [0.1, 0.15) is 11.5 Å². The Hall–Kier alpha value is -2.28. The predicted octanol–water partition coefficient (Wildman–Crippen LogP) is 1.13. The maximum Gasteiger partial charge on any atom is 0.315 e. The molecule has 1 aromatic carbocycles.